The lowest BCUT2D eigenvalue weighted by Crippen LogP contribution is -2.31. The molecular formula is C13H18FN3. The quantitative estimate of drug-likeness (QED) is 0.849. The van der Waals surface area contributed by atoms with Crippen LogP contribution in [-0.4, -0.2) is 24.5 Å². The van der Waals surface area contributed by atoms with Crippen LogP contribution in [0.1, 0.15) is 31.0 Å². The van der Waals surface area contributed by atoms with Gasteiger partial charge in [0, 0.05) is 19.1 Å². The number of hydrogen-bond donors (Lipinski definition) is 1. The molecule has 1 aromatic carbocycles. The number of likely N-dealkylation sites (N-methyl/N-ethyl adjacent to an activating group) is 1. The summed E-state index contributed by atoms with van der Waals surface area (Å²) in [5, 5.41) is 8.80. The van der Waals surface area contributed by atoms with E-state index in [1.807, 2.05) is 13.0 Å². The largest absolute Gasteiger partial charge is 0.329 e. The van der Waals surface area contributed by atoms with Gasteiger partial charge in [0.25, 0.3) is 0 Å². The summed E-state index contributed by atoms with van der Waals surface area (Å²) in [7, 11) is 0. The molecule has 0 saturated carbocycles. The molecule has 17 heavy (non-hydrogen) atoms. The second-order valence-corrected chi connectivity index (χ2v) is 3.94. The van der Waals surface area contributed by atoms with Crippen LogP contribution < -0.4 is 5.73 Å². The van der Waals surface area contributed by atoms with Crippen LogP contribution in [0.5, 0.6) is 0 Å². The van der Waals surface area contributed by atoms with Crippen molar-refractivity contribution in [2.24, 2.45) is 5.73 Å². The fourth-order valence-corrected chi connectivity index (χ4v) is 1.89. The van der Waals surface area contributed by atoms with E-state index in [0.717, 1.165) is 18.7 Å². The summed E-state index contributed by atoms with van der Waals surface area (Å²) >= 11 is 0. The number of hydrogen-bond acceptors (Lipinski definition) is 3. The number of nitriles is 1. The third kappa shape index (κ3) is 3.26. The van der Waals surface area contributed by atoms with Gasteiger partial charge < -0.3 is 5.73 Å². The molecule has 0 aromatic heterocycles. The van der Waals surface area contributed by atoms with Crippen molar-refractivity contribution in [2.45, 2.75) is 19.9 Å². The smallest absolute Gasteiger partial charge is 0.140 e. The second kappa shape index (κ2) is 6.33. The Labute approximate surface area is 102 Å². The molecule has 0 heterocycles. The van der Waals surface area contributed by atoms with Crippen molar-refractivity contribution in [1.29, 1.82) is 5.26 Å². The van der Waals surface area contributed by atoms with Crippen molar-refractivity contribution in [3.8, 4) is 6.07 Å². The van der Waals surface area contributed by atoms with Crippen molar-refractivity contribution in [1.82, 2.24) is 4.90 Å². The third-order valence-electron chi connectivity index (χ3n) is 2.96. The number of nitrogens with two attached hydrogens (primary N) is 1. The van der Waals surface area contributed by atoms with Gasteiger partial charge in [-0.2, -0.15) is 5.26 Å². The molecule has 0 bridgehead atoms. The highest BCUT2D eigenvalue weighted by Gasteiger charge is 2.14. The molecule has 1 rings (SSSR count). The Balaban J connectivity index is 2.95. The molecule has 4 heteroatoms. The van der Waals surface area contributed by atoms with E-state index in [1.54, 1.807) is 12.1 Å². The van der Waals surface area contributed by atoms with Gasteiger partial charge >= 0.3 is 0 Å². The van der Waals surface area contributed by atoms with Crippen LogP contribution in [0.25, 0.3) is 0 Å². The standard InChI is InChI=1S/C13H18FN3/c1-3-17(7-6-15)10(2)11-4-5-13(14)12(8-11)9-16/h4-5,8,10H,3,6-7,15H2,1-2H3. The van der Waals surface area contributed by atoms with Crippen molar-refractivity contribution in [3.63, 3.8) is 0 Å². The third-order valence-corrected chi connectivity index (χ3v) is 2.96. The van der Waals surface area contributed by atoms with E-state index in [0.29, 0.717) is 6.54 Å². The van der Waals surface area contributed by atoms with E-state index < -0.39 is 5.82 Å². The Morgan fingerprint density at radius 3 is 2.76 bits per heavy atom. The molecule has 0 aliphatic carbocycles. The van der Waals surface area contributed by atoms with Crippen LogP contribution in [0.3, 0.4) is 0 Å². The first kappa shape index (κ1) is 13.6. The van der Waals surface area contributed by atoms with E-state index >= 15 is 0 Å². The molecule has 1 atom stereocenters. The molecule has 92 valence electrons. The fraction of sp³-hybridized carbons (Fsp3) is 0.462. The molecule has 0 aliphatic rings. The number of nitrogens with zero attached hydrogens (tertiary/aromatic N) is 2. The van der Waals surface area contributed by atoms with Crippen LogP contribution in [0.15, 0.2) is 18.2 Å². The SMILES string of the molecule is CCN(CCN)C(C)c1ccc(F)c(C#N)c1. The molecule has 0 radical (unpaired) electrons. The highest BCUT2D eigenvalue weighted by Crippen LogP contribution is 2.21. The van der Waals surface area contributed by atoms with E-state index in [9.17, 15) is 4.39 Å². The van der Waals surface area contributed by atoms with Crippen LogP contribution in [0, 0.1) is 17.1 Å². The maximum atomic E-state index is 13.2. The van der Waals surface area contributed by atoms with Crippen LogP contribution in [-0.2, 0) is 0 Å². The lowest BCUT2D eigenvalue weighted by Gasteiger charge is -2.27. The second-order valence-electron chi connectivity index (χ2n) is 3.94. The highest BCUT2D eigenvalue weighted by molar-refractivity contribution is 5.35. The molecule has 0 saturated heterocycles. The number of benzene rings is 1. The van der Waals surface area contributed by atoms with Gasteiger partial charge in [-0.15, -0.1) is 0 Å². The molecule has 1 aromatic rings. The van der Waals surface area contributed by atoms with E-state index in [2.05, 4.69) is 11.8 Å². The molecule has 1 unspecified atom stereocenters. The Morgan fingerprint density at radius 1 is 1.53 bits per heavy atom. The summed E-state index contributed by atoms with van der Waals surface area (Å²) in [6, 6.07) is 6.68. The summed E-state index contributed by atoms with van der Waals surface area (Å²) in [6.07, 6.45) is 0. The minimum atomic E-state index is -0.467. The molecule has 3 nitrogen and oxygen atoms in total. The molecule has 0 aliphatic heterocycles. The maximum Gasteiger partial charge on any atom is 0.140 e. The van der Waals surface area contributed by atoms with Gasteiger partial charge in [-0.3, -0.25) is 4.90 Å². The summed E-state index contributed by atoms with van der Waals surface area (Å²) in [5.41, 5.74) is 6.59. The number of rotatable bonds is 5. The van der Waals surface area contributed by atoms with Gasteiger partial charge in [0.05, 0.1) is 5.56 Å². The van der Waals surface area contributed by atoms with Crippen molar-refractivity contribution >= 4 is 0 Å². The van der Waals surface area contributed by atoms with Gasteiger partial charge in [-0.25, -0.2) is 4.39 Å². The first-order valence-electron chi connectivity index (χ1n) is 5.77. The minimum Gasteiger partial charge on any atom is -0.329 e. The topological polar surface area (TPSA) is 53.0 Å². The Kier molecular flexibility index (Phi) is 5.08. The summed E-state index contributed by atoms with van der Waals surface area (Å²) < 4.78 is 13.2. The molecular weight excluding hydrogens is 217 g/mol. The van der Waals surface area contributed by atoms with Crippen molar-refractivity contribution < 1.29 is 4.39 Å². The van der Waals surface area contributed by atoms with Gasteiger partial charge in [0.1, 0.15) is 11.9 Å². The zero-order chi connectivity index (χ0) is 12.8. The molecule has 0 amide bonds. The molecule has 0 fully saturated rings. The molecule has 0 spiro atoms. The zero-order valence-electron chi connectivity index (χ0n) is 10.3. The average molecular weight is 235 g/mol. The van der Waals surface area contributed by atoms with E-state index in [-0.39, 0.29) is 11.6 Å². The summed E-state index contributed by atoms with van der Waals surface area (Å²) in [4.78, 5) is 2.19. The molecule has 2 N–H and O–H groups in total. The normalized spacial score (nSPS) is 12.5. The predicted octanol–water partition coefficient (Wildman–Crippen LogP) is 2.04. The zero-order valence-corrected chi connectivity index (χ0v) is 10.3. The van der Waals surface area contributed by atoms with Gasteiger partial charge in [0.2, 0.25) is 0 Å². The predicted molar refractivity (Wildman–Crippen MR) is 65.8 cm³/mol. The monoisotopic (exact) mass is 235 g/mol. The summed E-state index contributed by atoms with van der Waals surface area (Å²) in [5.74, 6) is -0.467. The highest BCUT2D eigenvalue weighted by atomic mass is 19.1. The fourth-order valence-electron chi connectivity index (χ4n) is 1.89. The van der Waals surface area contributed by atoms with Gasteiger partial charge in [0.15, 0.2) is 0 Å². The number of halogens is 1. The van der Waals surface area contributed by atoms with Crippen LogP contribution in [0.2, 0.25) is 0 Å². The van der Waals surface area contributed by atoms with Crippen molar-refractivity contribution in [2.75, 3.05) is 19.6 Å². The van der Waals surface area contributed by atoms with Crippen LogP contribution >= 0.6 is 0 Å². The first-order chi connectivity index (χ1) is 8.13. The lowest BCUT2D eigenvalue weighted by molar-refractivity contribution is 0.228. The van der Waals surface area contributed by atoms with Gasteiger partial charge in [-0.1, -0.05) is 13.0 Å². The van der Waals surface area contributed by atoms with Crippen molar-refractivity contribution in [3.05, 3.63) is 35.1 Å². The summed E-state index contributed by atoms with van der Waals surface area (Å²) in [6.45, 7) is 6.34. The van der Waals surface area contributed by atoms with Gasteiger partial charge in [-0.05, 0) is 31.2 Å². The minimum absolute atomic E-state index is 0.0955. The first-order valence-corrected chi connectivity index (χ1v) is 5.77. The Hall–Kier alpha value is -1.44. The lowest BCUT2D eigenvalue weighted by atomic mass is 10.0. The Morgan fingerprint density at radius 2 is 2.24 bits per heavy atom. The van der Waals surface area contributed by atoms with E-state index in [4.69, 9.17) is 11.0 Å². The maximum absolute atomic E-state index is 13.2. The average Bonchev–Trinajstić information content (AvgIpc) is 2.35. The Bertz CT molecular complexity index is 412. The van der Waals surface area contributed by atoms with Crippen LogP contribution in [0.4, 0.5) is 4.39 Å². The van der Waals surface area contributed by atoms with E-state index in [1.165, 1.54) is 6.07 Å².